The fourth-order valence-electron chi connectivity index (χ4n) is 3.15. The number of amides is 2. The number of methoxy groups -OCH3 is 1. The van der Waals surface area contributed by atoms with Crippen LogP contribution in [0.2, 0.25) is 0 Å². The SMILES string of the molecule is COc1cccc(CN2CCN(C(=O)C3CC(C)NN3)CC2=O)c1. The highest BCUT2D eigenvalue weighted by atomic mass is 16.5. The monoisotopic (exact) mass is 332 g/mol. The maximum Gasteiger partial charge on any atom is 0.242 e. The number of hydrazine groups is 1. The molecule has 2 aliphatic heterocycles. The van der Waals surface area contributed by atoms with Gasteiger partial charge in [-0.15, -0.1) is 0 Å². The van der Waals surface area contributed by atoms with Crippen LogP contribution in [0.15, 0.2) is 24.3 Å². The van der Waals surface area contributed by atoms with E-state index in [2.05, 4.69) is 10.9 Å². The molecule has 0 saturated carbocycles. The van der Waals surface area contributed by atoms with E-state index < -0.39 is 0 Å². The minimum Gasteiger partial charge on any atom is -0.497 e. The predicted molar refractivity (Wildman–Crippen MR) is 89.1 cm³/mol. The van der Waals surface area contributed by atoms with Crippen LogP contribution in [-0.2, 0) is 16.1 Å². The summed E-state index contributed by atoms with van der Waals surface area (Å²) in [5, 5.41) is 0. The minimum atomic E-state index is -0.238. The van der Waals surface area contributed by atoms with E-state index in [-0.39, 0.29) is 30.4 Å². The average Bonchev–Trinajstić information content (AvgIpc) is 3.02. The molecule has 0 radical (unpaired) electrons. The van der Waals surface area contributed by atoms with Crippen LogP contribution in [0.25, 0.3) is 0 Å². The minimum absolute atomic E-state index is 0.00114. The summed E-state index contributed by atoms with van der Waals surface area (Å²) in [6, 6.07) is 7.73. The molecule has 7 heteroatoms. The summed E-state index contributed by atoms with van der Waals surface area (Å²) in [4.78, 5) is 28.3. The van der Waals surface area contributed by atoms with Crippen molar-refractivity contribution in [1.29, 1.82) is 0 Å². The summed E-state index contributed by atoms with van der Waals surface area (Å²) in [7, 11) is 1.63. The number of carbonyl (C=O) groups is 2. The zero-order chi connectivity index (χ0) is 17.1. The maximum absolute atomic E-state index is 12.5. The molecule has 0 aliphatic carbocycles. The first-order chi connectivity index (χ1) is 11.6. The van der Waals surface area contributed by atoms with E-state index in [9.17, 15) is 9.59 Å². The van der Waals surface area contributed by atoms with Crippen molar-refractivity contribution < 1.29 is 14.3 Å². The van der Waals surface area contributed by atoms with Crippen molar-refractivity contribution in [3.8, 4) is 5.75 Å². The molecule has 2 saturated heterocycles. The van der Waals surface area contributed by atoms with Gasteiger partial charge in [0.05, 0.1) is 13.7 Å². The number of rotatable bonds is 4. The van der Waals surface area contributed by atoms with Crippen LogP contribution >= 0.6 is 0 Å². The Balaban J connectivity index is 1.57. The quantitative estimate of drug-likeness (QED) is 0.819. The fourth-order valence-corrected chi connectivity index (χ4v) is 3.15. The lowest BCUT2D eigenvalue weighted by Crippen LogP contribution is -2.55. The standard InChI is InChI=1S/C17H24N4O3/c1-12-8-15(19-18-12)17(23)21-7-6-20(16(22)11-21)10-13-4-3-5-14(9-13)24-2/h3-5,9,12,15,18-19H,6-8,10-11H2,1-2H3. The Bertz CT molecular complexity index is 622. The number of hydrogen-bond donors (Lipinski definition) is 2. The third kappa shape index (κ3) is 3.68. The van der Waals surface area contributed by atoms with Gasteiger partial charge in [0.2, 0.25) is 11.8 Å². The molecule has 24 heavy (non-hydrogen) atoms. The molecule has 0 spiro atoms. The number of nitrogens with zero attached hydrogens (tertiary/aromatic N) is 2. The molecule has 2 unspecified atom stereocenters. The number of piperazine rings is 1. The van der Waals surface area contributed by atoms with Crippen molar-refractivity contribution >= 4 is 11.8 Å². The van der Waals surface area contributed by atoms with Crippen molar-refractivity contribution in [3.63, 3.8) is 0 Å². The first kappa shape index (κ1) is 16.7. The first-order valence-electron chi connectivity index (χ1n) is 8.27. The second kappa shape index (κ2) is 7.19. The van der Waals surface area contributed by atoms with Crippen molar-refractivity contribution in [3.05, 3.63) is 29.8 Å². The largest absolute Gasteiger partial charge is 0.497 e. The van der Waals surface area contributed by atoms with E-state index in [0.717, 1.165) is 17.7 Å². The highest BCUT2D eigenvalue weighted by molar-refractivity contribution is 5.88. The Morgan fingerprint density at radius 2 is 2.17 bits per heavy atom. The molecule has 2 fully saturated rings. The predicted octanol–water partition coefficient (Wildman–Crippen LogP) is 0.121. The molecule has 0 bridgehead atoms. The average molecular weight is 332 g/mol. The summed E-state index contributed by atoms with van der Waals surface area (Å²) in [6.45, 7) is 3.84. The van der Waals surface area contributed by atoms with Crippen LogP contribution in [0, 0.1) is 0 Å². The van der Waals surface area contributed by atoms with Gasteiger partial charge in [0.15, 0.2) is 0 Å². The molecule has 3 rings (SSSR count). The van der Waals surface area contributed by atoms with Crippen LogP contribution < -0.4 is 15.6 Å². The van der Waals surface area contributed by atoms with Gasteiger partial charge in [0.25, 0.3) is 0 Å². The van der Waals surface area contributed by atoms with Gasteiger partial charge in [-0.2, -0.15) is 0 Å². The van der Waals surface area contributed by atoms with Gasteiger partial charge in [0.1, 0.15) is 11.8 Å². The summed E-state index contributed by atoms with van der Waals surface area (Å²) in [5.74, 6) is 0.764. The Kier molecular flexibility index (Phi) is 5.01. The molecule has 130 valence electrons. The Morgan fingerprint density at radius 3 is 2.83 bits per heavy atom. The normalized spacial score (nSPS) is 24.3. The Morgan fingerprint density at radius 1 is 1.33 bits per heavy atom. The third-order valence-corrected chi connectivity index (χ3v) is 4.53. The zero-order valence-corrected chi connectivity index (χ0v) is 14.1. The first-order valence-corrected chi connectivity index (χ1v) is 8.27. The number of hydrogen-bond acceptors (Lipinski definition) is 5. The summed E-state index contributed by atoms with van der Waals surface area (Å²) in [5.41, 5.74) is 7.08. The van der Waals surface area contributed by atoms with Gasteiger partial charge < -0.3 is 14.5 Å². The van der Waals surface area contributed by atoms with Gasteiger partial charge in [0, 0.05) is 25.7 Å². The van der Waals surface area contributed by atoms with Crippen LogP contribution in [0.5, 0.6) is 5.75 Å². The zero-order valence-electron chi connectivity index (χ0n) is 14.1. The molecular formula is C17H24N4O3. The Labute approximate surface area is 141 Å². The van der Waals surface area contributed by atoms with Gasteiger partial charge in [-0.1, -0.05) is 12.1 Å². The molecule has 0 aromatic heterocycles. The van der Waals surface area contributed by atoms with E-state index in [1.165, 1.54) is 0 Å². The van der Waals surface area contributed by atoms with Crippen LogP contribution in [0.1, 0.15) is 18.9 Å². The van der Waals surface area contributed by atoms with E-state index in [0.29, 0.717) is 19.6 Å². The van der Waals surface area contributed by atoms with Crippen molar-refractivity contribution in [1.82, 2.24) is 20.7 Å². The fraction of sp³-hybridized carbons (Fsp3) is 0.529. The number of benzene rings is 1. The number of ether oxygens (including phenoxy) is 1. The molecule has 2 heterocycles. The van der Waals surface area contributed by atoms with Gasteiger partial charge in [-0.3, -0.25) is 15.0 Å². The third-order valence-electron chi connectivity index (χ3n) is 4.53. The topological polar surface area (TPSA) is 73.9 Å². The lowest BCUT2D eigenvalue weighted by atomic mass is 10.1. The maximum atomic E-state index is 12.5. The summed E-state index contributed by atoms with van der Waals surface area (Å²) in [6.07, 6.45) is 0.747. The number of nitrogens with one attached hydrogen (secondary N) is 2. The molecule has 7 nitrogen and oxygen atoms in total. The molecule has 2 amide bonds. The Hall–Kier alpha value is -2.12. The van der Waals surface area contributed by atoms with E-state index in [1.807, 2.05) is 31.2 Å². The molecule has 1 aromatic rings. The highest BCUT2D eigenvalue weighted by Gasteiger charge is 2.34. The second-order valence-corrected chi connectivity index (χ2v) is 6.40. The van der Waals surface area contributed by atoms with Gasteiger partial charge in [-0.05, 0) is 31.0 Å². The van der Waals surface area contributed by atoms with E-state index >= 15 is 0 Å². The lowest BCUT2D eigenvalue weighted by Gasteiger charge is -2.35. The lowest BCUT2D eigenvalue weighted by molar-refractivity contribution is -0.146. The van der Waals surface area contributed by atoms with Crippen LogP contribution in [-0.4, -0.2) is 60.4 Å². The molecule has 1 aromatic carbocycles. The molecule has 2 N–H and O–H groups in total. The number of carbonyl (C=O) groups excluding carboxylic acids is 2. The van der Waals surface area contributed by atoms with Crippen molar-refractivity contribution in [2.75, 3.05) is 26.7 Å². The van der Waals surface area contributed by atoms with Crippen molar-refractivity contribution in [2.45, 2.75) is 32.0 Å². The smallest absolute Gasteiger partial charge is 0.242 e. The van der Waals surface area contributed by atoms with Crippen LogP contribution in [0.3, 0.4) is 0 Å². The summed E-state index contributed by atoms with van der Waals surface area (Å²) >= 11 is 0. The second-order valence-electron chi connectivity index (χ2n) is 6.40. The summed E-state index contributed by atoms with van der Waals surface area (Å²) < 4.78 is 5.22. The van der Waals surface area contributed by atoms with Gasteiger partial charge >= 0.3 is 0 Å². The molecule has 2 aliphatic rings. The van der Waals surface area contributed by atoms with Crippen molar-refractivity contribution in [2.24, 2.45) is 0 Å². The molecule has 2 atom stereocenters. The van der Waals surface area contributed by atoms with E-state index in [1.54, 1.807) is 16.9 Å². The molecular weight excluding hydrogens is 308 g/mol. The van der Waals surface area contributed by atoms with Gasteiger partial charge in [-0.25, -0.2) is 5.43 Å². The van der Waals surface area contributed by atoms with Crippen LogP contribution in [0.4, 0.5) is 0 Å². The van der Waals surface area contributed by atoms with E-state index in [4.69, 9.17) is 4.74 Å². The highest BCUT2D eigenvalue weighted by Crippen LogP contribution is 2.17.